The average molecular weight is 283 g/mol. The number of nitrogens with two attached hydrogens (primary N) is 1. The Morgan fingerprint density at radius 3 is 2.86 bits per heavy atom. The lowest BCUT2D eigenvalue weighted by Gasteiger charge is -2.19. The van der Waals surface area contributed by atoms with Gasteiger partial charge in [-0.1, -0.05) is 6.07 Å². The van der Waals surface area contributed by atoms with Crippen LogP contribution in [0.1, 0.15) is 23.2 Å². The van der Waals surface area contributed by atoms with Crippen LogP contribution in [0.2, 0.25) is 0 Å². The van der Waals surface area contributed by atoms with Crippen molar-refractivity contribution in [3.8, 4) is 0 Å². The number of aromatic nitrogens is 2. The Labute approximate surface area is 123 Å². The third kappa shape index (κ3) is 2.94. The van der Waals surface area contributed by atoms with Crippen molar-refractivity contribution in [2.75, 3.05) is 29.0 Å². The van der Waals surface area contributed by atoms with Crippen molar-refractivity contribution >= 4 is 23.1 Å². The zero-order valence-corrected chi connectivity index (χ0v) is 11.6. The van der Waals surface area contributed by atoms with Gasteiger partial charge in [0, 0.05) is 24.3 Å². The Morgan fingerprint density at radius 1 is 1.29 bits per heavy atom. The molecule has 1 aliphatic rings. The molecule has 2 aromatic rings. The third-order valence-electron chi connectivity index (χ3n) is 3.49. The van der Waals surface area contributed by atoms with Gasteiger partial charge >= 0.3 is 0 Å². The maximum atomic E-state index is 12.3. The summed E-state index contributed by atoms with van der Waals surface area (Å²) >= 11 is 0. The van der Waals surface area contributed by atoms with Crippen molar-refractivity contribution in [2.45, 2.75) is 12.8 Å². The molecule has 108 valence electrons. The summed E-state index contributed by atoms with van der Waals surface area (Å²) < 4.78 is 0. The predicted molar refractivity (Wildman–Crippen MR) is 82.3 cm³/mol. The molecule has 0 bridgehead atoms. The van der Waals surface area contributed by atoms with Gasteiger partial charge in [0.05, 0.1) is 6.20 Å². The number of carbonyl (C=O) groups excluding carboxylic acids is 1. The smallest absolute Gasteiger partial charge is 0.255 e. The summed E-state index contributed by atoms with van der Waals surface area (Å²) in [6.07, 6.45) is 5.42. The zero-order valence-electron chi connectivity index (χ0n) is 11.6. The van der Waals surface area contributed by atoms with Gasteiger partial charge in [-0.2, -0.15) is 0 Å². The Balaban J connectivity index is 1.83. The maximum Gasteiger partial charge on any atom is 0.255 e. The first kappa shape index (κ1) is 13.4. The molecule has 2 heterocycles. The summed E-state index contributed by atoms with van der Waals surface area (Å²) in [6.45, 7) is 1.91. The van der Waals surface area contributed by atoms with E-state index in [1.807, 2.05) is 0 Å². The second kappa shape index (κ2) is 5.78. The largest absolute Gasteiger partial charge is 0.399 e. The van der Waals surface area contributed by atoms with E-state index in [1.54, 1.807) is 30.5 Å². The monoisotopic (exact) mass is 283 g/mol. The van der Waals surface area contributed by atoms with Gasteiger partial charge in [0.2, 0.25) is 0 Å². The summed E-state index contributed by atoms with van der Waals surface area (Å²) in [5.41, 5.74) is 7.42. The zero-order chi connectivity index (χ0) is 14.7. The fourth-order valence-corrected chi connectivity index (χ4v) is 2.47. The van der Waals surface area contributed by atoms with Gasteiger partial charge in [0.15, 0.2) is 5.82 Å². The molecule has 0 atom stereocenters. The first-order valence-corrected chi connectivity index (χ1v) is 6.96. The van der Waals surface area contributed by atoms with Crippen LogP contribution in [0.4, 0.5) is 17.2 Å². The van der Waals surface area contributed by atoms with Crippen LogP contribution in [0.5, 0.6) is 0 Å². The molecule has 1 amide bonds. The molecule has 0 spiro atoms. The molecule has 3 N–H and O–H groups in total. The summed E-state index contributed by atoms with van der Waals surface area (Å²) in [5, 5.41) is 2.87. The van der Waals surface area contributed by atoms with Gasteiger partial charge in [-0.25, -0.2) is 9.97 Å². The van der Waals surface area contributed by atoms with E-state index in [-0.39, 0.29) is 5.91 Å². The lowest BCUT2D eigenvalue weighted by molar-refractivity contribution is 0.102. The predicted octanol–water partition coefficient (Wildman–Crippen LogP) is 1.91. The van der Waals surface area contributed by atoms with E-state index < -0.39 is 0 Å². The van der Waals surface area contributed by atoms with Crippen LogP contribution in [0.25, 0.3) is 0 Å². The van der Waals surface area contributed by atoms with E-state index in [0.717, 1.165) is 31.7 Å². The standard InChI is InChI=1S/C15H17N5O/c16-12-5-3-4-11(8-12)15(21)19-13-9-17-10-18-14(13)20-6-1-2-7-20/h3-5,8-10H,1-2,6-7,16H2,(H,19,21). The normalized spacial score (nSPS) is 14.2. The number of nitrogens with one attached hydrogen (secondary N) is 1. The van der Waals surface area contributed by atoms with Crippen LogP contribution < -0.4 is 16.0 Å². The summed E-state index contributed by atoms with van der Waals surface area (Å²) in [5.74, 6) is 0.567. The first-order chi connectivity index (χ1) is 10.2. The summed E-state index contributed by atoms with van der Waals surface area (Å²) in [4.78, 5) is 22.8. The molecule has 6 nitrogen and oxygen atoms in total. The van der Waals surface area contributed by atoms with Crippen molar-refractivity contribution < 1.29 is 4.79 Å². The number of hydrogen-bond acceptors (Lipinski definition) is 5. The molecule has 1 aromatic heterocycles. The molecular formula is C15H17N5O. The van der Waals surface area contributed by atoms with Crippen molar-refractivity contribution in [2.24, 2.45) is 0 Å². The van der Waals surface area contributed by atoms with Crippen LogP contribution in [0.3, 0.4) is 0 Å². The van der Waals surface area contributed by atoms with E-state index in [1.165, 1.54) is 6.33 Å². The van der Waals surface area contributed by atoms with Crippen molar-refractivity contribution in [1.29, 1.82) is 0 Å². The Hall–Kier alpha value is -2.63. The van der Waals surface area contributed by atoms with Crippen molar-refractivity contribution in [3.05, 3.63) is 42.4 Å². The van der Waals surface area contributed by atoms with E-state index in [4.69, 9.17) is 5.73 Å². The second-order valence-electron chi connectivity index (χ2n) is 5.03. The van der Waals surface area contributed by atoms with Crippen LogP contribution >= 0.6 is 0 Å². The fourth-order valence-electron chi connectivity index (χ4n) is 2.47. The lowest BCUT2D eigenvalue weighted by atomic mass is 10.2. The number of rotatable bonds is 3. The maximum absolute atomic E-state index is 12.3. The topological polar surface area (TPSA) is 84.1 Å². The van der Waals surface area contributed by atoms with Gasteiger partial charge in [0.25, 0.3) is 5.91 Å². The number of hydrogen-bond donors (Lipinski definition) is 2. The van der Waals surface area contributed by atoms with Crippen molar-refractivity contribution in [1.82, 2.24) is 9.97 Å². The summed E-state index contributed by atoms with van der Waals surface area (Å²) in [6, 6.07) is 6.88. The molecule has 0 unspecified atom stereocenters. The highest BCUT2D eigenvalue weighted by Gasteiger charge is 2.18. The molecule has 0 saturated carbocycles. The number of carbonyl (C=O) groups is 1. The minimum Gasteiger partial charge on any atom is -0.399 e. The number of anilines is 3. The van der Waals surface area contributed by atoms with Crippen LogP contribution in [-0.2, 0) is 0 Å². The van der Waals surface area contributed by atoms with E-state index in [2.05, 4.69) is 20.2 Å². The molecule has 1 aliphatic heterocycles. The van der Waals surface area contributed by atoms with Gasteiger partial charge in [-0.15, -0.1) is 0 Å². The first-order valence-electron chi connectivity index (χ1n) is 6.96. The van der Waals surface area contributed by atoms with Crippen molar-refractivity contribution in [3.63, 3.8) is 0 Å². The molecule has 3 rings (SSSR count). The SMILES string of the molecule is Nc1cccc(C(=O)Nc2cncnc2N2CCCC2)c1. The lowest BCUT2D eigenvalue weighted by Crippen LogP contribution is -2.22. The number of nitrogen functional groups attached to an aromatic ring is 1. The number of nitrogens with zero attached hydrogens (tertiary/aromatic N) is 3. The minimum absolute atomic E-state index is 0.211. The highest BCUT2D eigenvalue weighted by atomic mass is 16.1. The molecule has 6 heteroatoms. The third-order valence-corrected chi connectivity index (χ3v) is 3.49. The highest BCUT2D eigenvalue weighted by Crippen LogP contribution is 2.25. The molecule has 1 fully saturated rings. The van der Waals surface area contributed by atoms with Gasteiger partial charge < -0.3 is 16.0 Å². The highest BCUT2D eigenvalue weighted by molar-refractivity contribution is 6.06. The van der Waals surface area contributed by atoms with Gasteiger partial charge in [-0.3, -0.25) is 4.79 Å². The quantitative estimate of drug-likeness (QED) is 0.841. The Morgan fingerprint density at radius 2 is 2.10 bits per heavy atom. The Bertz CT molecular complexity index is 652. The van der Waals surface area contributed by atoms with Crippen LogP contribution in [-0.4, -0.2) is 29.0 Å². The molecular weight excluding hydrogens is 266 g/mol. The average Bonchev–Trinajstić information content (AvgIpc) is 3.02. The van der Waals surface area contributed by atoms with Gasteiger partial charge in [0.1, 0.15) is 12.0 Å². The van der Waals surface area contributed by atoms with E-state index in [0.29, 0.717) is 16.9 Å². The molecule has 1 saturated heterocycles. The molecule has 1 aromatic carbocycles. The number of amides is 1. The second-order valence-corrected chi connectivity index (χ2v) is 5.03. The van der Waals surface area contributed by atoms with E-state index >= 15 is 0 Å². The molecule has 0 aliphatic carbocycles. The summed E-state index contributed by atoms with van der Waals surface area (Å²) in [7, 11) is 0. The minimum atomic E-state index is -0.211. The molecule has 0 radical (unpaired) electrons. The number of benzene rings is 1. The fraction of sp³-hybridized carbons (Fsp3) is 0.267. The van der Waals surface area contributed by atoms with Crippen LogP contribution in [0.15, 0.2) is 36.8 Å². The van der Waals surface area contributed by atoms with Gasteiger partial charge in [-0.05, 0) is 31.0 Å². The van der Waals surface area contributed by atoms with Crippen LogP contribution in [0, 0.1) is 0 Å². The molecule has 21 heavy (non-hydrogen) atoms. The Kier molecular flexibility index (Phi) is 3.68. The van der Waals surface area contributed by atoms with E-state index in [9.17, 15) is 4.79 Å².